The Morgan fingerprint density at radius 1 is 1.11 bits per heavy atom. The number of carbonyl (C=O) groups is 2. The molecule has 3 aliphatic carbocycles. The number of aliphatic hydroxyl groups excluding tert-OH is 3. The molecule has 1 saturated heterocycles. The second kappa shape index (κ2) is 4.81. The van der Waals surface area contributed by atoms with E-state index in [0.29, 0.717) is 0 Å². The minimum atomic E-state index is -2.51. The first-order chi connectivity index (χ1) is 13.0. The van der Waals surface area contributed by atoms with Crippen molar-refractivity contribution >= 4 is 11.6 Å². The summed E-state index contributed by atoms with van der Waals surface area (Å²) in [4.78, 5) is 26.0. The summed E-state index contributed by atoms with van der Waals surface area (Å²) in [7, 11) is 0. The summed E-state index contributed by atoms with van der Waals surface area (Å²) < 4.78 is 5.72. The molecular weight excluding hydrogens is 372 g/mol. The smallest absolute Gasteiger partial charge is 0.201 e. The maximum atomic E-state index is 13.2. The fourth-order valence-electron chi connectivity index (χ4n) is 5.80. The number of epoxide rings is 1. The van der Waals surface area contributed by atoms with Gasteiger partial charge in [0.25, 0.3) is 0 Å². The lowest BCUT2D eigenvalue weighted by Crippen LogP contribution is -2.79. The molecule has 0 aromatic heterocycles. The molecule has 9 heteroatoms. The van der Waals surface area contributed by atoms with E-state index < -0.39 is 58.2 Å². The molecule has 0 radical (unpaired) electrons. The molecule has 0 bridgehead atoms. The van der Waals surface area contributed by atoms with Crippen LogP contribution in [0.25, 0.3) is 0 Å². The molecule has 1 aromatic carbocycles. The Morgan fingerprint density at radius 2 is 1.79 bits per heavy atom. The number of benzene rings is 1. The number of hydrogen-bond donors (Lipinski definition) is 6. The molecule has 150 valence electrons. The Labute approximate surface area is 158 Å². The molecule has 0 amide bonds. The van der Waals surface area contributed by atoms with Crippen molar-refractivity contribution in [2.75, 3.05) is 0 Å². The Balaban J connectivity index is 1.75. The first-order valence-corrected chi connectivity index (χ1v) is 9.08. The normalized spacial score (nSPS) is 51.6. The highest BCUT2D eigenvalue weighted by Crippen LogP contribution is 2.73. The lowest BCUT2D eigenvalue weighted by atomic mass is 9.49. The summed E-state index contributed by atoms with van der Waals surface area (Å²) in [5, 5.41) is 64.3. The van der Waals surface area contributed by atoms with Crippen LogP contribution < -0.4 is 0 Å². The van der Waals surface area contributed by atoms with E-state index >= 15 is 0 Å². The second-order valence-electron chi connectivity index (χ2n) is 8.46. The molecule has 1 heterocycles. The largest absolute Gasteiger partial charge is 0.507 e. The van der Waals surface area contributed by atoms with Gasteiger partial charge in [-0.15, -0.1) is 0 Å². The molecule has 8 unspecified atom stereocenters. The third kappa shape index (κ3) is 1.52. The molecule has 6 N–H and O–H groups in total. The average Bonchev–Trinajstić information content (AvgIpc) is 3.37. The Hall–Kier alpha value is -1.88. The van der Waals surface area contributed by atoms with Crippen molar-refractivity contribution in [2.45, 2.75) is 60.5 Å². The zero-order chi connectivity index (χ0) is 20.4. The van der Waals surface area contributed by atoms with E-state index in [4.69, 9.17) is 4.74 Å². The standard InChI is InChI=1S/C19H20O9/c1-16(26)12(22)8-5-6-17-13(23)10-7(3-2-4-9(10)20)11(21)19(17,28-17)18(8,27)15(25)14(16)24/h2-4,8,11,14-15,20-21,24-27H,5-6H2,1H3. The minimum absolute atomic E-state index is 0.00123. The number of Topliss-reactive ketones (excluding diaryl/α,β-unsaturated/α-hetero) is 2. The van der Waals surface area contributed by atoms with Gasteiger partial charge in [0.1, 0.15) is 35.3 Å². The van der Waals surface area contributed by atoms with E-state index in [-0.39, 0.29) is 29.7 Å². The zero-order valence-electron chi connectivity index (χ0n) is 14.9. The van der Waals surface area contributed by atoms with Gasteiger partial charge in [-0.05, 0) is 31.4 Å². The van der Waals surface area contributed by atoms with E-state index in [1.165, 1.54) is 18.2 Å². The van der Waals surface area contributed by atoms with E-state index in [1.54, 1.807) is 0 Å². The predicted molar refractivity (Wildman–Crippen MR) is 89.3 cm³/mol. The summed E-state index contributed by atoms with van der Waals surface area (Å²) >= 11 is 0. The van der Waals surface area contributed by atoms with Crippen LogP contribution in [0.5, 0.6) is 5.75 Å². The third-order valence-electron chi connectivity index (χ3n) is 7.29. The van der Waals surface area contributed by atoms with Crippen LogP contribution in [0.4, 0.5) is 0 Å². The van der Waals surface area contributed by atoms with Gasteiger partial charge in [0.2, 0.25) is 5.78 Å². The second-order valence-corrected chi connectivity index (χ2v) is 8.46. The minimum Gasteiger partial charge on any atom is -0.507 e. The van der Waals surface area contributed by atoms with Gasteiger partial charge in [-0.3, -0.25) is 9.59 Å². The molecule has 8 atom stereocenters. The van der Waals surface area contributed by atoms with Gasteiger partial charge in [-0.1, -0.05) is 12.1 Å². The van der Waals surface area contributed by atoms with Gasteiger partial charge in [0.15, 0.2) is 17.0 Å². The van der Waals surface area contributed by atoms with Gasteiger partial charge in [-0.2, -0.15) is 0 Å². The number of hydrogen-bond acceptors (Lipinski definition) is 9. The molecule has 4 aliphatic rings. The monoisotopic (exact) mass is 392 g/mol. The number of aliphatic hydroxyl groups is 5. The average molecular weight is 392 g/mol. The van der Waals surface area contributed by atoms with Crippen molar-refractivity contribution in [1.82, 2.24) is 0 Å². The molecule has 28 heavy (non-hydrogen) atoms. The van der Waals surface area contributed by atoms with Gasteiger partial charge in [-0.25, -0.2) is 0 Å². The highest BCUT2D eigenvalue weighted by atomic mass is 16.7. The maximum Gasteiger partial charge on any atom is 0.201 e. The molecule has 1 aromatic rings. The van der Waals surface area contributed by atoms with E-state index in [1.807, 2.05) is 0 Å². The third-order valence-corrected chi connectivity index (χ3v) is 7.29. The van der Waals surface area contributed by atoms with E-state index in [2.05, 4.69) is 0 Å². The van der Waals surface area contributed by atoms with Crippen LogP contribution in [0.1, 0.15) is 41.8 Å². The summed E-state index contributed by atoms with van der Waals surface area (Å²) in [5.74, 6) is -3.27. The topological polar surface area (TPSA) is 168 Å². The van der Waals surface area contributed by atoms with E-state index in [9.17, 15) is 40.2 Å². The fourth-order valence-corrected chi connectivity index (χ4v) is 5.80. The summed E-state index contributed by atoms with van der Waals surface area (Å²) in [5.41, 5.74) is -8.77. The maximum absolute atomic E-state index is 13.2. The number of rotatable bonds is 0. The summed E-state index contributed by atoms with van der Waals surface area (Å²) in [6, 6.07) is 4.08. The SMILES string of the molecule is CC1(O)C(=O)C2CCC34OC3(C(O)c3cccc(O)c3C4=O)C2(O)C(O)C1O. The number of aromatic hydroxyl groups is 1. The van der Waals surface area contributed by atoms with Crippen LogP contribution in [-0.4, -0.2) is 76.8 Å². The number of ether oxygens (including phenoxy) is 1. The Kier molecular flexibility index (Phi) is 3.12. The fraction of sp³-hybridized carbons (Fsp3) is 0.579. The van der Waals surface area contributed by atoms with Crippen molar-refractivity contribution < 1.29 is 45.0 Å². The highest BCUT2D eigenvalue weighted by molar-refractivity contribution is 6.11. The van der Waals surface area contributed by atoms with Crippen molar-refractivity contribution in [3.8, 4) is 5.75 Å². The number of fused-ring (bicyclic) bond motifs is 2. The molecule has 9 nitrogen and oxygen atoms in total. The van der Waals surface area contributed by atoms with Crippen molar-refractivity contribution in [3.05, 3.63) is 29.3 Å². The Bertz CT molecular complexity index is 941. The van der Waals surface area contributed by atoms with Gasteiger partial charge < -0.3 is 35.4 Å². The molecule has 1 aliphatic heterocycles. The number of carbonyl (C=O) groups excluding carboxylic acids is 2. The van der Waals surface area contributed by atoms with Gasteiger partial charge in [0.05, 0.1) is 11.5 Å². The zero-order valence-corrected chi connectivity index (χ0v) is 14.9. The van der Waals surface area contributed by atoms with Crippen LogP contribution in [0.15, 0.2) is 18.2 Å². The Morgan fingerprint density at radius 3 is 2.46 bits per heavy atom. The van der Waals surface area contributed by atoms with Crippen LogP contribution in [-0.2, 0) is 9.53 Å². The van der Waals surface area contributed by atoms with Gasteiger partial charge >= 0.3 is 0 Å². The lowest BCUT2D eigenvalue weighted by Gasteiger charge is -2.56. The first-order valence-electron chi connectivity index (χ1n) is 9.08. The lowest BCUT2D eigenvalue weighted by molar-refractivity contribution is -0.260. The van der Waals surface area contributed by atoms with Crippen molar-refractivity contribution in [1.29, 1.82) is 0 Å². The molecule has 0 spiro atoms. The van der Waals surface area contributed by atoms with Crippen LogP contribution in [0.3, 0.4) is 0 Å². The molecule has 5 rings (SSSR count). The van der Waals surface area contributed by atoms with Crippen LogP contribution >= 0.6 is 0 Å². The molecule has 3 fully saturated rings. The highest BCUT2D eigenvalue weighted by Gasteiger charge is 2.92. The quantitative estimate of drug-likeness (QED) is 0.283. The van der Waals surface area contributed by atoms with Gasteiger partial charge in [0, 0.05) is 0 Å². The van der Waals surface area contributed by atoms with Crippen LogP contribution in [0.2, 0.25) is 0 Å². The molecule has 2 saturated carbocycles. The number of phenolic OH excluding ortho intramolecular Hbond substituents is 1. The predicted octanol–water partition coefficient (Wildman–Crippen LogP) is -1.67. The van der Waals surface area contributed by atoms with E-state index in [0.717, 1.165) is 6.92 Å². The number of ketones is 2. The number of phenols is 1. The summed E-state index contributed by atoms with van der Waals surface area (Å²) in [6.07, 6.45) is -5.94. The van der Waals surface area contributed by atoms with Crippen LogP contribution in [0, 0.1) is 5.92 Å². The van der Waals surface area contributed by atoms with Crippen molar-refractivity contribution in [3.63, 3.8) is 0 Å². The molecular formula is C19H20O9. The first kappa shape index (κ1) is 18.2. The summed E-state index contributed by atoms with van der Waals surface area (Å²) in [6.45, 7) is 1.05. The van der Waals surface area contributed by atoms with Crippen molar-refractivity contribution in [2.24, 2.45) is 5.92 Å².